The molecule has 3 nitrogen and oxygen atoms in total. The molecule has 0 radical (unpaired) electrons. The maximum absolute atomic E-state index is 8.45. The quantitative estimate of drug-likeness (QED) is 0.531. The third-order valence-corrected chi connectivity index (χ3v) is 1.61. The lowest BCUT2D eigenvalue weighted by Gasteiger charge is -1.97. The molecule has 0 aromatic rings. The minimum atomic E-state index is 0.250. The molecule has 0 saturated heterocycles. The highest BCUT2D eigenvalue weighted by Gasteiger charge is 1.88. The van der Waals surface area contributed by atoms with E-state index in [9.17, 15) is 0 Å². The van der Waals surface area contributed by atoms with Crippen LogP contribution < -0.4 is 5.73 Å². The molecule has 0 heterocycles. The summed E-state index contributed by atoms with van der Waals surface area (Å²) in [6.45, 7) is 3.09. The lowest BCUT2D eigenvalue weighted by molar-refractivity contribution is 0.282. The molecular weight excluding hydrogens is 166 g/mol. The molecule has 0 fully saturated rings. The van der Waals surface area contributed by atoms with Gasteiger partial charge in [-0.2, -0.15) is 0 Å². The molecule has 0 spiro atoms. The summed E-state index contributed by atoms with van der Waals surface area (Å²) in [6.07, 6.45) is 7.06. The van der Waals surface area contributed by atoms with Gasteiger partial charge in [0.2, 0.25) is 0 Å². The van der Waals surface area contributed by atoms with E-state index in [0.717, 1.165) is 19.4 Å². The Balaban J connectivity index is 0. The van der Waals surface area contributed by atoms with E-state index in [4.69, 9.17) is 15.9 Å². The summed E-state index contributed by atoms with van der Waals surface area (Å²) in [5.41, 5.74) is 5.33. The monoisotopic (exact) mass is 191 g/mol. The first-order valence-electron chi connectivity index (χ1n) is 5.25. The van der Waals surface area contributed by atoms with Crippen molar-refractivity contribution in [2.75, 3.05) is 19.8 Å². The Hall–Kier alpha value is -0.120. The maximum Gasteiger partial charge on any atom is 0.0431 e. The first kappa shape index (κ1) is 15.4. The van der Waals surface area contributed by atoms with E-state index in [2.05, 4.69) is 0 Å². The molecule has 82 valence electrons. The fourth-order valence-electron chi connectivity index (χ4n) is 0.963. The van der Waals surface area contributed by atoms with Crippen LogP contribution in [0.2, 0.25) is 0 Å². The van der Waals surface area contributed by atoms with Gasteiger partial charge in [-0.15, -0.1) is 0 Å². The number of hydrogen-bond acceptors (Lipinski definition) is 3. The molecule has 0 aliphatic rings. The van der Waals surface area contributed by atoms with Gasteiger partial charge in [-0.25, -0.2) is 0 Å². The van der Waals surface area contributed by atoms with E-state index in [0.29, 0.717) is 6.61 Å². The molecule has 0 unspecified atom stereocenters. The van der Waals surface area contributed by atoms with Crippen molar-refractivity contribution in [1.29, 1.82) is 0 Å². The molecule has 0 atom stereocenters. The zero-order valence-electron chi connectivity index (χ0n) is 8.84. The van der Waals surface area contributed by atoms with Gasteiger partial charge in [0.05, 0.1) is 0 Å². The topological polar surface area (TPSA) is 66.5 Å². The molecule has 0 aromatic heterocycles. The average molecular weight is 191 g/mol. The van der Waals surface area contributed by atoms with Crippen molar-refractivity contribution in [2.45, 2.75) is 45.4 Å². The minimum Gasteiger partial charge on any atom is -0.397 e. The highest BCUT2D eigenvalue weighted by molar-refractivity contribution is 4.44. The van der Waals surface area contributed by atoms with Crippen LogP contribution in [0.15, 0.2) is 0 Å². The summed E-state index contributed by atoms with van der Waals surface area (Å²) in [5.74, 6) is 0. The van der Waals surface area contributed by atoms with Gasteiger partial charge in [0.1, 0.15) is 0 Å². The van der Waals surface area contributed by atoms with Crippen molar-refractivity contribution in [2.24, 2.45) is 5.73 Å². The largest absolute Gasteiger partial charge is 0.397 e. The Morgan fingerprint density at radius 2 is 1.23 bits per heavy atom. The molecule has 0 saturated carbocycles. The lowest BCUT2D eigenvalue weighted by atomic mass is 10.1. The van der Waals surface area contributed by atoms with Crippen molar-refractivity contribution >= 4 is 0 Å². The SMILES string of the molecule is CCO.NCCCCCCCCO. The van der Waals surface area contributed by atoms with Crippen LogP contribution in [0.5, 0.6) is 0 Å². The Labute approximate surface area is 82.0 Å². The molecule has 0 rings (SSSR count). The third kappa shape index (κ3) is 24.5. The van der Waals surface area contributed by atoms with E-state index in [1.165, 1.54) is 25.7 Å². The van der Waals surface area contributed by atoms with E-state index < -0.39 is 0 Å². The zero-order valence-corrected chi connectivity index (χ0v) is 8.84. The second-order valence-electron chi connectivity index (χ2n) is 2.95. The van der Waals surface area contributed by atoms with Gasteiger partial charge in [0, 0.05) is 13.2 Å². The molecule has 13 heavy (non-hydrogen) atoms. The second kappa shape index (κ2) is 17.8. The van der Waals surface area contributed by atoms with Gasteiger partial charge >= 0.3 is 0 Å². The Morgan fingerprint density at radius 3 is 1.62 bits per heavy atom. The van der Waals surface area contributed by atoms with Gasteiger partial charge in [-0.1, -0.05) is 25.7 Å². The van der Waals surface area contributed by atoms with Crippen LogP contribution in [0, 0.1) is 0 Å². The van der Waals surface area contributed by atoms with Crippen molar-refractivity contribution in [1.82, 2.24) is 0 Å². The highest BCUT2D eigenvalue weighted by Crippen LogP contribution is 2.03. The fraction of sp³-hybridized carbons (Fsp3) is 1.00. The Bertz CT molecular complexity index is 61.9. The molecule has 0 amide bonds. The molecular formula is C10H25NO2. The van der Waals surface area contributed by atoms with Gasteiger partial charge < -0.3 is 15.9 Å². The van der Waals surface area contributed by atoms with E-state index in [1.807, 2.05) is 0 Å². The summed E-state index contributed by atoms with van der Waals surface area (Å²) >= 11 is 0. The smallest absolute Gasteiger partial charge is 0.0431 e. The van der Waals surface area contributed by atoms with Crippen LogP contribution in [0.25, 0.3) is 0 Å². The van der Waals surface area contributed by atoms with Gasteiger partial charge in [-0.05, 0) is 26.3 Å². The standard InChI is InChI=1S/C8H19NO.C2H6O/c9-7-5-3-1-2-4-6-8-10;1-2-3/h10H,1-9H2;3H,2H2,1H3. The molecule has 0 aliphatic heterocycles. The summed E-state index contributed by atoms with van der Waals surface area (Å²) in [5, 5.41) is 16.0. The average Bonchev–Trinajstić information content (AvgIpc) is 2.13. The molecule has 0 aromatic carbocycles. The van der Waals surface area contributed by atoms with E-state index >= 15 is 0 Å². The summed E-state index contributed by atoms with van der Waals surface area (Å²) in [6, 6.07) is 0. The van der Waals surface area contributed by atoms with Gasteiger partial charge in [0.25, 0.3) is 0 Å². The first-order chi connectivity index (χ1) is 6.33. The number of nitrogens with two attached hydrogens (primary N) is 1. The van der Waals surface area contributed by atoms with Crippen LogP contribution in [-0.4, -0.2) is 30.0 Å². The van der Waals surface area contributed by atoms with Crippen molar-refractivity contribution in [3.05, 3.63) is 0 Å². The third-order valence-electron chi connectivity index (χ3n) is 1.61. The van der Waals surface area contributed by atoms with E-state index in [-0.39, 0.29) is 6.61 Å². The Kier molecular flexibility index (Phi) is 21.1. The molecule has 4 N–H and O–H groups in total. The van der Waals surface area contributed by atoms with Crippen LogP contribution in [0.1, 0.15) is 45.4 Å². The predicted octanol–water partition coefficient (Wildman–Crippen LogP) is 1.28. The molecule has 0 bridgehead atoms. The summed E-state index contributed by atoms with van der Waals surface area (Å²) in [7, 11) is 0. The Morgan fingerprint density at radius 1 is 0.846 bits per heavy atom. The van der Waals surface area contributed by atoms with Crippen molar-refractivity contribution in [3.8, 4) is 0 Å². The highest BCUT2D eigenvalue weighted by atomic mass is 16.3. The number of unbranched alkanes of at least 4 members (excludes halogenated alkanes) is 5. The van der Waals surface area contributed by atoms with Crippen LogP contribution in [0.4, 0.5) is 0 Å². The van der Waals surface area contributed by atoms with Crippen LogP contribution >= 0.6 is 0 Å². The number of aliphatic hydroxyl groups is 2. The second-order valence-corrected chi connectivity index (χ2v) is 2.95. The van der Waals surface area contributed by atoms with Gasteiger partial charge in [0.15, 0.2) is 0 Å². The minimum absolute atomic E-state index is 0.250. The molecule has 3 heteroatoms. The number of hydrogen-bond donors (Lipinski definition) is 3. The number of rotatable bonds is 7. The fourth-order valence-corrected chi connectivity index (χ4v) is 0.963. The zero-order chi connectivity index (χ0) is 10.4. The normalized spacial score (nSPS) is 9.23. The van der Waals surface area contributed by atoms with E-state index in [1.54, 1.807) is 6.92 Å². The van der Waals surface area contributed by atoms with Gasteiger partial charge in [-0.3, -0.25) is 0 Å². The predicted molar refractivity (Wildman–Crippen MR) is 56.6 cm³/mol. The summed E-state index contributed by atoms with van der Waals surface area (Å²) < 4.78 is 0. The summed E-state index contributed by atoms with van der Waals surface area (Å²) in [4.78, 5) is 0. The van der Waals surface area contributed by atoms with Crippen LogP contribution in [0.3, 0.4) is 0 Å². The maximum atomic E-state index is 8.45. The van der Waals surface area contributed by atoms with Crippen LogP contribution in [-0.2, 0) is 0 Å². The first-order valence-corrected chi connectivity index (χ1v) is 5.25. The van der Waals surface area contributed by atoms with Crippen molar-refractivity contribution < 1.29 is 10.2 Å². The number of aliphatic hydroxyl groups excluding tert-OH is 2. The lowest BCUT2D eigenvalue weighted by Crippen LogP contribution is -1.97. The van der Waals surface area contributed by atoms with Crippen molar-refractivity contribution in [3.63, 3.8) is 0 Å². The molecule has 0 aliphatic carbocycles.